The number of aryl methyl sites for hydroxylation is 1. The lowest BCUT2D eigenvalue weighted by molar-refractivity contribution is 0.215. The SMILES string of the molecule is Cc1ccc(O)c(CNCC2CCN(C)CC2)n1. The van der Waals surface area contributed by atoms with Gasteiger partial charge >= 0.3 is 0 Å². The van der Waals surface area contributed by atoms with Crippen LogP contribution in [0, 0.1) is 12.8 Å². The van der Waals surface area contributed by atoms with Gasteiger partial charge in [-0.1, -0.05) is 0 Å². The molecule has 1 fully saturated rings. The summed E-state index contributed by atoms with van der Waals surface area (Å²) < 4.78 is 0. The van der Waals surface area contributed by atoms with Crippen LogP contribution in [0.5, 0.6) is 5.75 Å². The normalized spacial score (nSPS) is 18.1. The van der Waals surface area contributed by atoms with E-state index in [-0.39, 0.29) is 5.75 Å². The summed E-state index contributed by atoms with van der Waals surface area (Å²) in [6, 6.07) is 3.55. The number of rotatable bonds is 4. The van der Waals surface area contributed by atoms with E-state index in [1.54, 1.807) is 6.07 Å². The summed E-state index contributed by atoms with van der Waals surface area (Å²) in [5, 5.41) is 13.1. The van der Waals surface area contributed by atoms with Crippen LogP contribution < -0.4 is 5.32 Å². The Morgan fingerprint density at radius 1 is 1.39 bits per heavy atom. The largest absolute Gasteiger partial charge is 0.506 e. The summed E-state index contributed by atoms with van der Waals surface area (Å²) in [4.78, 5) is 6.73. The highest BCUT2D eigenvalue weighted by Crippen LogP contribution is 2.16. The smallest absolute Gasteiger partial charge is 0.138 e. The maximum atomic E-state index is 9.70. The van der Waals surface area contributed by atoms with Gasteiger partial charge in [-0.2, -0.15) is 0 Å². The fraction of sp³-hybridized carbons (Fsp3) is 0.643. The molecule has 0 spiro atoms. The first-order valence-corrected chi connectivity index (χ1v) is 6.70. The molecule has 0 radical (unpaired) electrons. The van der Waals surface area contributed by atoms with Crippen LogP contribution in [0.1, 0.15) is 24.2 Å². The second-order valence-electron chi connectivity index (χ2n) is 5.30. The van der Waals surface area contributed by atoms with Crippen LogP contribution >= 0.6 is 0 Å². The molecule has 100 valence electrons. The van der Waals surface area contributed by atoms with Crippen LogP contribution in [0.4, 0.5) is 0 Å². The summed E-state index contributed by atoms with van der Waals surface area (Å²) in [5.74, 6) is 1.05. The topological polar surface area (TPSA) is 48.4 Å². The van der Waals surface area contributed by atoms with Crippen LogP contribution in [-0.2, 0) is 6.54 Å². The zero-order chi connectivity index (χ0) is 13.0. The van der Waals surface area contributed by atoms with Gasteiger partial charge in [0, 0.05) is 12.2 Å². The molecule has 0 aliphatic carbocycles. The molecule has 1 aliphatic rings. The second-order valence-corrected chi connectivity index (χ2v) is 5.30. The summed E-state index contributed by atoms with van der Waals surface area (Å²) in [5.41, 5.74) is 1.70. The third-order valence-electron chi connectivity index (χ3n) is 3.65. The standard InChI is InChI=1S/C14H23N3O/c1-11-3-4-14(18)13(16-11)10-15-9-12-5-7-17(2)8-6-12/h3-4,12,15,18H,5-10H2,1-2H3. The number of nitrogens with zero attached hydrogens (tertiary/aromatic N) is 2. The van der Waals surface area contributed by atoms with Crippen LogP contribution in [-0.4, -0.2) is 41.7 Å². The van der Waals surface area contributed by atoms with Crippen molar-refractivity contribution in [3.63, 3.8) is 0 Å². The molecule has 18 heavy (non-hydrogen) atoms. The fourth-order valence-corrected chi connectivity index (χ4v) is 2.39. The maximum Gasteiger partial charge on any atom is 0.138 e. The number of pyridine rings is 1. The number of likely N-dealkylation sites (tertiary alicyclic amines) is 1. The van der Waals surface area contributed by atoms with Crippen LogP contribution in [0.15, 0.2) is 12.1 Å². The molecule has 2 rings (SSSR count). The van der Waals surface area contributed by atoms with Gasteiger partial charge in [0.2, 0.25) is 0 Å². The summed E-state index contributed by atoms with van der Waals surface area (Å²) >= 11 is 0. The van der Waals surface area contributed by atoms with Crippen LogP contribution in [0.2, 0.25) is 0 Å². The van der Waals surface area contributed by atoms with Gasteiger partial charge in [-0.05, 0) is 64.5 Å². The lowest BCUT2D eigenvalue weighted by Crippen LogP contribution is -2.34. The fourth-order valence-electron chi connectivity index (χ4n) is 2.39. The Balaban J connectivity index is 1.76. The molecule has 4 nitrogen and oxygen atoms in total. The molecular formula is C14H23N3O. The Morgan fingerprint density at radius 3 is 2.83 bits per heavy atom. The first-order valence-electron chi connectivity index (χ1n) is 6.70. The van der Waals surface area contributed by atoms with Crippen molar-refractivity contribution in [3.05, 3.63) is 23.5 Å². The zero-order valence-electron chi connectivity index (χ0n) is 11.3. The molecule has 0 amide bonds. The van der Waals surface area contributed by atoms with E-state index in [0.717, 1.165) is 23.9 Å². The average molecular weight is 249 g/mol. The molecule has 0 unspecified atom stereocenters. The number of hydrogen-bond acceptors (Lipinski definition) is 4. The van der Waals surface area contributed by atoms with Gasteiger partial charge in [0.25, 0.3) is 0 Å². The molecule has 0 bridgehead atoms. The second kappa shape index (κ2) is 6.16. The van der Waals surface area contributed by atoms with Crippen LogP contribution in [0.3, 0.4) is 0 Å². The Kier molecular flexibility index (Phi) is 4.55. The molecule has 1 aromatic heterocycles. The molecule has 1 aromatic rings. The van der Waals surface area contributed by atoms with Gasteiger partial charge < -0.3 is 15.3 Å². The van der Waals surface area contributed by atoms with Crippen molar-refractivity contribution < 1.29 is 5.11 Å². The van der Waals surface area contributed by atoms with Crippen molar-refractivity contribution in [1.29, 1.82) is 0 Å². The third kappa shape index (κ3) is 3.68. The Labute approximate surface area is 109 Å². The molecular weight excluding hydrogens is 226 g/mol. The Hall–Kier alpha value is -1.13. The molecule has 0 saturated carbocycles. The van der Waals surface area contributed by atoms with Crippen molar-refractivity contribution in [1.82, 2.24) is 15.2 Å². The van der Waals surface area contributed by atoms with E-state index in [1.165, 1.54) is 25.9 Å². The van der Waals surface area contributed by atoms with Gasteiger partial charge in [-0.25, -0.2) is 0 Å². The first kappa shape index (κ1) is 13.3. The number of aromatic hydroxyl groups is 1. The lowest BCUT2D eigenvalue weighted by Gasteiger charge is -2.29. The van der Waals surface area contributed by atoms with E-state index in [0.29, 0.717) is 6.54 Å². The van der Waals surface area contributed by atoms with E-state index in [2.05, 4.69) is 22.2 Å². The van der Waals surface area contributed by atoms with E-state index >= 15 is 0 Å². The Bertz CT molecular complexity index is 387. The van der Waals surface area contributed by atoms with E-state index in [9.17, 15) is 5.11 Å². The molecule has 1 saturated heterocycles. The van der Waals surface area contributed by atoms with Crippen molar-refractivity contribution in [2.45, 2.75) is 26.3 Å². The van der Waals surface area contributed by atoms with Crippen molar-refractivity contribution in [3.8, 4) is 5.75 Å². The predicted molar refractivity (Wildman–Crippen MR) is 72.6 cm³/mol. The zero-order valence-corrected chi connectivity index (χ0v) is 11.3. The minimum atomic E-state index is 0.288. The third-order valence-corrected chi connectivity index (χ3v) is 3.65. The van der Waals surface area contributed by atoms with Crippen molar-refractivity contribution >= 4 is 0 Å². The van der Waals surface area contributed by atoms with Crippen molar-refractivity contribution in [2.75, 3.05) is 26.7 Å². The van der Waals surface area contributed by atoms with Gasteiger partial charge in [0.15, 0.2) is 0 Å². The minimum Gasteiger partial charge on any atom is -0.506 e. The number of piperidine rings is 1. The first-order chi connectivity index (χ1) is 8.65. The van der Waals surface area contributed by atoms with E-state index < -0.39 is 0 Å². The van der Waals surface area contributed by atoms with E-state index in [1.807, 2.05) is 13.0 Å². The quantitative estimate of drug-likeness (QED) is 0.849. The highest BCUT2D eigenvalue weighted by molar-refractivity contribution is 5.27. The number of aromatic nitrogens is 1. The predicted octanol–water partition coefficient (Wildman–Crippen LogP) is 1.53. The molecule has 0 atom stereocenters. The number of hydrogen-bond donors (Lipinski definition) is 2. The summed E-state index contributed by atoms with van der Waals surface area (Å²) in [7, 11) is 2.18. The van der Waals surface area contributed by atoms with E-state index in [4.69, 9.17) is 0 Å². The molecule has 4 heteroatoms. The van der Waals surface area contributed by atoms with Gasteiger partial charge in [0.1, 0.15) is 5.75 Å². The summed E-state index contributed by atoms with van der Waals surface area (Å²) in [6.07, 6.45) is 2.52. The van der Waals surface area contributed by atoms with Gasteiger partial charge in [-0.15, -0.1) is 0 Å². The molecule has 2 N–H and O–H groups in total. The highest BCUT2D eigenvalue weighted by Gasteiger charge is 2.16. The summed E-state index contributed by atoms with van der Waals surface area (Å²) in [6.45, 7) is 6.00. The number of nitrogens with one attached hydrogen (secondary N) is 1. The van der Waals surface area contributed by atoms with Crippen LogP contribution in [0.25, 0.3) is 0 Å². The highest BCUT2D eigenvalue weighted by atomic mass is 16.3. The molecule has 2 heterocycles. The van der Waals surface area contributed by atoms with Crippen molar-refractivity contribution in [2.24, 2.45) is 5.92 Å². The monoisotopic (exact) mass is 249 g/mol. The van der Waals surface area contributed by atoms with Gasteiger partial charge in [-0.3, -0.25) is 4.98 Å². The molecule has 1 aliphatic heterocycles. The minimum absolute atomic E-state index is 0.288. The molecule has 0 aromatic carbocycles. The average Bonchev–Trinajstić information content (AvgIpc) is 2.36. The lowest BCUT2D eigenvalue weighted by atomic mass is 9.97. The maximum absolute atomic E-state index is 9.70. The Morgan fingerprint density at radius 2 is 2.11 bits per heavy atom. The van der Waals surface area contributed by atoms with Gasteiger partial charge in [0.05, 0.1) is 5.69 Å².